The first kappa shape index (κ1) is 22.2. The number of hydrogen-bond donors (Lipinski definition) is 1. The molecule has 0 saturated heterocycles. The molecule has 2 aromatic carbocycles. The third-order valence-electron chi connectivity index (χ3n) is 3.72. The second kappa shape index (κ2) is 10.5. The lowest BCUT2D eigenvalue weighted by molar-refractivity contribution is -0.384. The number of carbonyl (C=O) groups is 4. The largest absolute Gasteiger partial charge is 0.457 e. The Morgan fingerprint density at radius 2 is 1.60 bits per heavy atom. The van der Waals surface area contributed by atoms with Gasteiger partial charge in [-0.3, -0.25) is 29.3 Å². The zero-order valence-electron chi connectivity index (χ0n) is 16.0. The molecule has 0 saturated carbocycles. The number of benzene rings is 2. The average Bonchev–Trinajstić information content (AvgIpc) is 2.71. The first-order chi connectivity index (χ1) is 14.2. The van der Waals surface area contributed by atoms with Gasteiger partial charge >= 0.3 is 11.9 Å². The molecule has 0 aliphatic heterocycles. The number of hydrogen-bond acceptors (Lipinski definition) is 8. The summed E-state index contributed by atoms with van der Waals surface area (Å²) in [6, 6.07) is 11.0. The molecule has 10 heteroatoms. The predicted molar refractivity (Wildman–Crippen MR) is 104 cm³/mol. The standard InChI is InChI=1S/C20H18N2O8/c1-13(23)30-17-8-2-14(3-9-17)18(24)12-29-20(26)11-10-19(25)21-15-4-6-16(7-5-15)22(27)28/h2-9H,10-12H2,1H3,(H,21,25). The molecule has 30 heavy (non-hydrogen) atoms. The maximum absolute atomic E-state index is 12.0. The smallest absolute Gasteiger partial charge is 0.308 e. The lowest BCUT2D eigenvalue weighted by atomic mass is 10.1. The summed E-state index contributed by atoms with van der Waals surface area (Å²) in [5.41, 5.74) is 0.517. The third kappa shape index (κ3) is 7.15. The minimum Gasteiger partial charge on any atom is -0.457 e. The van der Waals surface area contributed by atoms with Crippen molar-refractivity contribution in [3.63, 3.8) is 0 Å². The van der Waals surface area contributed by atoms with Gasteiger partial charge in [0.25, 0.3) is 5.69 Å². The summed E-state index contributed by atoms with van der Waals surface area (Å²) < 4.78 is 9.72. The summed E-state index contributed by atoms with van der Waals surface area (Å²) in [4.78, 5) is 56.5. The summed E-state index contributed by atoms with van der Waals surface area (Å²) in [6.45, 7) is 0.764. The van der Waals surface area contributed by atoms with Crippen LogP contribution in [0, 0.1) is 10.1 Å². The molecular weight excluding hydrogens is 396 g/mol. The highest BCUT2D eigenvalue weighted by molar-refractivity contribution is 5.98. The summed E-state index contributed by atoms with van der Waals surface area (Å²) in [6.07, 6.45) is -0.418. The van der Waals surface area contributed by atoms with Gasteiger partial charge in [0.15, 0.2) is 12.4 Å². The minimum atomic E-state index is -0.723. The lowest BCUT2D eigenvalue weighted by Crippen LogP contribution is -2.17. The van der Waals surface area contributed by atoms with Gasteiger partial charge in [0, 0.05) is 36.7 Å². The topological polar surface area (TPSA) is 142 Å². The number of carbonyl (C=O) groups excluding carboxylic acids is 4. The molecular formula is C20H18N2O8. The molecule has 156 valence electrons. The van der Waals surface area contributed by atoms with Crippen molar-refractivity contribution in [1.29, 1.82) is 0 Å². The zero-order chi connectivity index (χ0) is 22.1. The van der Waals surface area contributed by atoms with Gasteiger partial charge in [0.1, 0.15) is 5.75 Å². The van der Waals surface area contributed by atoms with Crippen LogP contribution in [0.3, 0.4) is 0 Å². The van der Waals surface area contributed by atoms with Crippen molar-refractivity contribution in [3.8, 4) is 5.75 Å². The molecule has 2 rings (SSSR count). The molecule has 0 bridgehead atoms. The SMILES string of the molecule is CC(=O)Oc1ccc(C(=O)COC(=O)CCC(=O)Nc2ccc([N+](=O)[O-])cc2)cc1. The number of non-ortho nitro benzene ring substituents is 1. The van der Waals surface area contributed by atoms with E-state index < -0.39 is 35.2 Å². The Kier molecular flexibility index (Phi) is 7.74. The van der Waals surface area contributed by atoms with Gasteiger partial charge in [-0.1, -0.05) is 0 Å². The van der Waals surface area contributed by atoms with Crippen LogP contribution in [-0.4, -0.2) is 35.2 Å². The molecule has 0 aliphatic carbocycles. The van der Waals surface area contributed by atoms with Gasteiger partial charge in [-0.25, -0.2) is 0 Å². The molecule has 1 amide bonds. The number of nitrogens with zero attached hydrogens (tertiary/aromatic N) is 1. The fraction of sp³-hybridized carbons (Fsp3) is 0.200. The van der Waals surface area contributed by atoms with Crippen LogP contribution < -0.4 is 10.1 Å². The fourth-order valence-corrected chi connectivity index (χ4v) is 2.28. The molecule has 0 spiro atoms. The Morgan fingerprint density at radius 1 is 0.967 bits per heavy atom. The van der Waals surface area contributed by atoms with Crippen molar-refractivity contribution < 1.29 is 33.6 Å². The highest BCUT2D eigenvalue weighted by Gasteiger charge is 2.13. The monoisotopic (exact) mass is 414 g/mol. The number of nitrogens with one attached hydrogen (secondary N) is 1. The molecule has 1 N–H and O–H groups in total. The van der Waals surface area contributed by atoms with Crippen molar-refractivity contribution in [3.05, 3.63) is 64.2 Å². The molecule has 0 radical (unpaired) electrons. The second-order valence-corrected chi connectivity index (χ2v) is 6.05. The van der Waals surface area contributed by atoms with Gasteiger partial charge in [-0.15, -0.1) is 0 Å². The fourth-order valence-electron chi connectivity index (χ4n) is 2.28. The highest BCUT2D eigenvalue weighted by atomic mass is 16.6. The van der Waals surface area contributed by atoms with Crippen LogP contribution in [-0.2, 0) is 19.1 Å². The van der Waals surface area contributed by atoms with Crippen molar-refractivity contribution in [2.24, 2.45) is 0 Å². The van der Waals surface area contributed by atoms with Crippen LogP contribution in [0.25, 0.3) is 0 Å². The number of amides is 1. The third-order valence-corrected chi connectivity index (χ3v) is 3.72. The second-order valence-electron chi connectivity index (χ2n) is 6.05. The van der Waals surface area contributed by atoms with E-state index in [0.717, 1.165) is 0 Å². The molecule has 0 atom stereocenters. The number of esters is 2. The summed E-state index contributed by atoms with van der Waals surface area (Å²) >= 11 is 0. The van der Waals surface area contributed by atoms with Gasteiger partial charge in [-0.2, -0.15) is 0 Å². The molecule has 0 aliphatic rings. The minimum absolute atomic E-state index is 0.109. The van der Waals surface area contributed by atoms with Crippen molar-refractivity contribution >= 4 is 35.0 Å². The maximum atomic E-state index is 12.0. The predicted octanol–water partition coefficient (Wildman–Crippen LogP) is 2.66. The van der Waals surface area contributed by atoms with E-state index in [2.05, 4.69) is 5.32 Å². The molecule has 0 fully saturated rings. The summed E-state index contributed by atoms with van der Waals surface area (Å²) in [7, 11) is 0. The first-order valence-corrected chi connectivity index (χ1v) is 8.76. The van der Waals surface area contributed by atoms with E-state index in [4.69, 9.17) is 9.47 Å². The van der Waals surface area contributed by atoms with Crippen LogP contribution in [0.4, 0.5) is 11.4 Å². The van der Waals surface area contributed by atoms with Gasteiger partial charge in [0.2, 0.25) is 5.91 Å². The molecule has 10 nitrogen and oxygen atoms in total. The Balaban J connectivity index is 1.73. The Morgan fingerprint density at radius 3 is 2.17 bits per heavy atom. The summed E-state index contributed by atoms with van der Waals surface area (Å²) in [5, 5.41) is 13.1. The van der Waals surface area contributed by atoms with E-state index in [9.17, 15) is 29.3 Å². The molecule has 2 aromatic rings. The Bertz CT molecular complexity index is 952. The highest BCUT2D eigenvalue weighted by Crippen LogP contribution is 2.16. The number of nitro benzene ring substituents is 1. The zero-order valence-corrected chi connectivity index (χ0v) is 16.0. The molecule has 0 heterocycles. The van der Waals surface area contributed by atoms with E-state index in [1.165, 1.54) is 55.5 Å². The van der Waals surface area contributed by atoms with Crippen molar-refractivity contribution in [2.75, 3.05) is 11.9 Å². The van der Waals surface area contributed by atoms with E-state index in [-0.39, 0.29) is 29.8 Å². The lowest BCUT2D eigenvalue weighted by Gasteiger charge is -2.06. The average molecular weight is 414 g/mol. The number of rotatable bonds is 9. The van der Waals surface area contributed by atoms with Gasteiger partial charge in [-0.05, 0) is 36.4 Å². The Labute approximate surface area is 170 Å². The van der Waals surface area contributed by atoms with Crippen molar-refractivity contribution in [1.82, 2.24) is 0 Å². The number of anilines is 1. The van der Waals surface area contributed by atoms with Gasteiger partial charge in [0.05, 0.1) is 11.3 Å². The van der Waals surface area contributed by atoms with Crippen LogP contribution in [0.15, 0.2) is 48.5 Å². The molecule has 0 unspecified atom stereocenters. The van der Waals surface area contributed by atoms with Crippen LogP contribution in [0.2, 0.25) is 0 Å². The Hall–Kier alpha value is -4.08. The van der Waals surface area contributed by atoms with Crippen molar-refractivity contribution in [2.45, 2.75) is 19.8 Å². The van der Waals surface area contributed by atoms with E-state index in [0.29, 0.717) is 5.69 Å². The number of Topliss-reactive ketones (excluding diaryl/α,β-unsaturated/α-hetero) is 1. The quantitative estimate of drug-likeness (QED) is 0.217. The first-order valence-electron chi connectivity index (χ1n) is 8.76. The normalized spacial score (nSPS) is 10.0. The molecule has 0 aromatic heterocycles. The number of ketones is 1. The number of nitro groups is 1. The van der Waals surface area contributed by atoms with E-state index in [1.54, 1.807) is 0 Å². The van der Waals surface area contributed by atoms with E-state index in [1.807, 2.05) is 0 Å². The van der Waals surface area contributed by atoms with Crippen LogP contribution in [0.5, 0.6) is 5.75 Å². The number of ether oxygens (including phenoxy) is 2. The summed E-state index contributed by atoms with van der Waals surface area (Å²) in [5.74, 6) is -1.85. The van der Waals surface area contributed by atoms with E-state index >= 15 is 0 Å². The van der Waals surface area contributed by atoms with Crippen LogP contribution >= 0.6 is 0 Å². The maximum Gasteiger partial charge on any atom is 0.308 e. The van der Waals surface area contributed by atoms with Gasteiger partial charge < -0.3 is 14.8 Å². The van der Waals surface area contributed by atoms with Crippen LogP contribution in [0.1, 0.15) is 30.1 Å².